The van der Waals surface area contributed by atoms with E-state index in [-0.39, 0.29) is 6.42 Å². The molecule has 0 amide bonds. The smallest absolute Gasteiger partial charge is 0.304 e. The van der Waals surface area contributed by atoms with E-state index in [0.717, 1.165) is 39.1 Å². The van der Waals surface area contributed by atoms with Gasteiger partial charge in [0.2, 0.25) is 0 Å². The predicted octanol–water partition coefficient (Wildman–Crippen LogP) is 0.655. The summed E-state index contributed by atoms with van der Waals surface area (Å²) in [6.07, 6.45) is 3.23. The third-order valence-electron chi connectivity index (χ3n) is 2.76. The molecule has 1 fully saturated rings. The Bertz CT molecular complexity index is 211. The van der Waals surface area contributed by atoms with E-state index in [2.05, 4.69) is 16.4 Å². The lowest BCUT2D eigenvalue weighted by molar-refractivity contribution is -0.137. The van der Waals surface area contributed by atoms with Gasteiger partial charge in [-0.3, -0.25) is 4.79 Å². The zero-order chi connectivity index (χ0) is 11.1. The Hall–Kier alpha value is -0.870. The molecular weight excluding hydrogens is 192 g/mol. The van der Waals surface area contributed by atoms with Crippen LogP contribution in [-0.2, 0) is 4.79 Å². The Morgan fingerprint density at radius 2 is 1.73 bits per heavy atom. The molecule has 0 aromatic carbocycles. The van der Waals surface area contributed by atoms with Crippen LogP contribution in [0.25, 0.3) is 0 Å². The van der Waals surface area contributed by atoms with Gasteiger partial charge in [-0.2, -0.15) is 0 Å². The molecule has 0 aliphatic carbocycles. The average Bonchev–Trinajstić information content (AvgIpc) is 2.25. The maximum absolute atomic E-state index is 10.4. The van der Waals surface area contributed by atoms with Gasteiger partial charge in [-0.1, -0.05) is 6.08 Å². The van der Waals surface area contributed by atoms with Gasteiger partial charge in [0, 0.05) is 39.3 Å². The summed E-state index contributed by atoms with van der Waals surface area (Å²) in [6.45, 7) is 9.55. The molecule has 1 N–H and O–H groups in total. The molecule has 1 aliphatic rings. The molecule has 1 saturated heterocycles. The van der Waals surface area contributed by atoms with Gasteiger partial charge < -0.3 is 14.9 Å². The molecule has 4 nitrogen and oxygen atoms in total. The van der Waals surface area contributed by atoms with Crippen LogP contribution in [0, 0.1) is 0 Å². The minimum Gasteiger partial charge on any atom is -0.481 e. The van der Waals surface area contributed by atoms with Gasteiger partial charge in [-0.05, 0) is 6.42 Å². The lowest BCUT2D eigenvalue weighted by atomic mass is 10.2. The first-order valence-corrected chi connectivity index (χ1v) is 5.50. The fourth-order valence-corrected chi connectivity index (χ4v) is 1.76. The zero-order valence-corrected chi connectivity index (χ0v) is 9.19. The van der Waals surface area contributed by atoms with Gasteiger partial charge in [0.25, 0.3) is 0 Å². The fraction of sp³-hybridized carbons (Fsp3) is 0.727. The topological polar surface area (TPSA) is 43.8 Å². The first-order chi connectivity index (χ1) is 7.22. The van der Waals surface area contributed by atoms with Gasteiger partial charge in [0.05, 0.1) is 6.42 Å². The number of carboxylic acids is 1. The van der Waals surface area contributed by atoms with Gasteiger partial charge in [0.15, 0.2) is 0 Å². The summed E-state index contributed by atoms with van der Waals surface area (Å²) in [5, 5.41) is 8.56. The van der Waals surface area contributed by atoms with E-state index in [1.54, 1.807) is 0 Å². The highest BCUT2D eigenvalue weighted by Crippen LogP contribution is 2.03. The van der Waals surface area contributed by atoms with Crippen molar-refractivity contribution < 1.29 is 9.90 Å². The molecule has 15 heavy (non-hydrogen) atoms. The molecule has 1 rings (SSSR count). The number of nitrogens with zero attached hydrogens (tertiary/aromatic N) is 2. The van der Waals surface area contributed by atoms with E-state index < -0.39 is 5.97 Å². The summed E-state index contributed by atoms with van der Waals surface area (Å²) < 4.78 is 0. The summed E-state index contributed by atoms with van der Waals surface area (Å²) in [7, 11) is 0. The maximum atomic E-state index is 10.4. The van der Waals surface area contributed by atoms with Crippen molar-refractivity contribution in [1.82, 2.24) is 9.80 Å². The Morgan fingerprint density at radius 1 is 1.20 bits per heavy atom. The van der Waals surface area contributed by atoms with E-state index in [1.165, 1.54) is 0 Å². The third-order valence-corrected chi connectivity index (χ3v) is 2.76. The standard InChI is InChI=1S/C11H20N2O2/c1-2-3-5-12-7-9-13(10-8-12)6-4-11(14)15/h2H,1,3-10H2,(H,14,15). The highest BCUT2D eigenvalue weighted by Gasteiger charge is 2.16. The molecule has 0 bridgehead atoms. The van der Waals surface area contributed by atoms with Crippen LogP contribution < -0.4 is 0 Å². The summed E-state index contributed by atoms with van der Waals surface area (Å²) in [4.78, 5) is 15.0. The molecule has 1 aliphatic heterocycles. The monoisotopic (exact) mass is 212 g/mol. The summed E-state index contributed by atoms with van der Waals surface area (Å²) in [5.41, 5.74) is 0. The molecule has 0 radical (unpaired) electrons. The van der Waals surface area contributed by atoms with Crippen LogP contribution >= 0.6 is 0 Å². The summed E-state index contributed by atoms with van der Waals surface area (Å²) >= 11 is 0. The molecule has 0 aromatic heterocycles. The summed E-state index contributed by atoms with van der Waals surface area (Å²) in [6, 6.07) is 0. The second-order valence-electron chi connectivity index (χ2n) is 3.90. The Morgan fingerprint density at radius 3 is 2.20 bits per heavy atom. The maximum Gasteiger partial charge on any atom is 0.304 e. The number of carbonyl (C=O) groups is 1. The average molecular weight is 212 g/mol. The third kappa shape index (κ3) is 4.95. The largest absolute Gasteiger partial charge is 0.481 e. The number of piperazine rings is 1. The minimum absolute atomic E-state index is 0.257. The van der Waals surface area contributed by atoms with E-state index in [9.17, 15) is 4.79 Å². The van der Waals surface area contributed by atoms with E-state index in [4.69, 9.17) is 5.11 Å². The van der Waals surface area contributed by atoms with Gasteiger partial charge >= 0.3 is 5.97 Å². The van der Waals surface area contributed by atoms with E-state index >= 15 is 0 Å². The normalized spacial score (nSPS) is 18.9. The van der Waals surface area contributed by atoms with Gasteiger partial charge in [0.1, 0.15) is 0 Å². The second kappa shape index (κ2) is 6.58. The first-order valence-electron chi connectivity index (χ1n) is 5.50. The van der Waals surface area contributed by atoms with Crippen LogP contribution in [0.2, 0.25) is 0 Å². The van der Waals surface area contributed by atoms with Crippen molar-refractivity contribution in [2.75, 3.05) is 39.3 Å². The quantitative estimate of drug-likeness (QED) is 0.657. The van der Waals surface area contributed by atoms with Crippen LogP contribution in [0.1, 0.15) is 12.8 Å². The zero-order valence-electron chi connectivity index (χ0n) is 9.19. The van der Waals surface area contributed by atoms with Crippen molar-refractivity contribution in [3.8, 4) is 0 Å². The van der Waals surface area contributed by atoms with Crippen molar-refractivity contribution in [3.63, 3.8) is 0 Å². The lowest BCUT2D eigenvalue weighted by Crippen LogP contribution is -2.46. The van der Waals surface area contributed by atoms with E-state index in [0.29, 0.717) is 6.54 Å². The van der Waals surface area contributed by atoms with Crippen LogP contribution in [0.4, 0.5) is 0 Å². The van der Waals surface area contributed by atoms with Crippen LogP contribution in [0.15, 0.2) is 12.7 Å². The highest BCUT2D eigenvalue weighted by molar-refractivity contribution is 5.66. The highest BCUT2D eigenvalue weighted by atomic mass is 16.4. The van der Waals surface area contributed by atoms with Crippen molar-refractivity contribution in [2.24, 2.45) is 0 Å². The lowest BCUT2D eigenvalue weighted by Gasteiger charge is -2.34. The van der Waals surface area contributed by atoms with Gasteiger partial charge in [-0.15, -0.1) is 6.58 Å². The number of hydrogen-bond donors (Lipinski definition) is 1. The Kier molecular flexibility index (Phi) is 5.36. The number of aliphatic carboxylic acids is 1. The van der Waals surface area contributed by atoms with Crippen molar-refractivity contribution in [3.05, 3.63) is 12.7 Å². The number of rotatable bonds is 6. The molecule has 4 heteroatoms. The van der Waals surface area contributed by atoms with Crippen LogP contribution in [0.3, 0.4) is 0 Å². The molecule has 0 saturated carbocycles. The SMILES string of the molecule is C=CCCN1CCN(CCC(=O)O)CC1. The molecule has 86 valence electrons. The van der Waals surface area contributed by atoms with Crippen molar-refractivity contribution in [2.45, 2.75) is 12.8 Å². The molecule has 0 atom stereocenters. The van der Waals surface area contributed by atoms with E-state index in [1.807, 2.05) is 6.08 Å². The van der Waals surface area contributed by atoms with Gasteiger partial charge in [-0.25, -0.2) is 0 Å². The first kappa shape index (κ1) is 12.2. The molecule has 0 aromatic rings. The Labute approximate surface area is 91.2 Å². The fourth-order valence-electron chi connectivity index (χ4n) is 1.76. The molecule has 1 heterocycles. The summed E-state index contributed by atoms with van der Waals surface area (Å²) in [5.74, 6) is -0.705. The van der Waals surface area contributed by atoms with Crippen molar-refractivity contribution in [1.29, 1.82) is 0 Å². The number of carboxylic acid groups (broad SMARTS) is 1. The number of hydrogen-bond acceptors (Lipinski definition) is 3. The molecular formula is C11H20N2O2. The van der Waals surface area contributed by atoms with Crippen LogP contribution in [0.5, 0.6) is 0 Å². The molecule has 0 spiro atoms. The minimum atomic E-state index is -0.705. The predicted molar refractivity (Wildman–Crippen MR) is 59.9 cm³/mol. The second-order valence-corrected chi connectivity index (χ2v) is 3.90. The van der Waals surface area contributed by atoms with Crippen molar-refractivity contribution >= 4 is 5.97 Å². The Balaban J connectivity index is 2.12. The van der Waals surface area contributed by atoms with Crippen LogP contribution in [-0.4, -0.2) is 60.1 Å². The molecule has 0 unspecified atom stereocenters.